The number of ketones is 1. The van der Waals surface area contributed by atoms with Gasteiger partial charge in [-0.15, -0.1) is 0 Å². The molecule has 1 saturated heterocycles. The van der Waals surface area contributed by atoms with E-state index in [0.29, 0.717) is 25.1 Å². The molecule has 6 amide bonds. The number of nitrogens with one attached hydrogen (secondary N) is 5. The predicted octanol–water partition coefficient (Wildman–Crippen LogP) is 5.06. The highest BCUT2D eigenvalue weighted by Crippen LogP contribution is 2.77. The molecule has 50 heavy (non-hydrogen) atoms. The number of para-hydroxylation sites is 2. The molecule has 2 aliphatic carbocycles. The normalized spacial score (nSPS) is 21.3. The second-order valence-electron chi connectivity index (χ2n) is 16.4. The summed E-state index contributed by atoms with van der Waals surface area (Å²) in [5, 5.41) is 13.7. The van der Waals surface area contributed by atoms with Gasteiger partial charge in [-0.25, -0.2) is 4.79 Å². The van der Waals surface area contributed by atoms with Gasteiger partial charge in [0.15, 0.2) is 0 Å². The summed E-state index contributed by atoms with van der Waals surface area (Å²) >= 11 is 0. The average Bonchev–Trinajstić information content (AvgIpc) is 3.52. The molecule has 0 unspecified atom stereocenters. The van der Waals surface area contributed by atoms with Gasteiger partial charge in [-0.1, -0.05) is 51.5 Å². The second kappa shape index (κ2) is 15.3. The predicted molar refractivity (Wildman–Crippen MR) is 193 cm³/mol. The number of likely N-dealkylation sites (tertiary alicyclic amines) is 1. The van der Waals surface area contributed by atoms with E-state index in [9.17, 15) is 28.8 Å². The van der Waals surface area contributed by atoms with E-state index in [1.807, 2.05) is 54.5 Å². The van der Waals surface area contributed by atoms with Crippen molar-refractivity contribution in [2.24, 2.45) is 16.2 Å². The largest absolute Gasteiger partial charge is 0.347 e. The Labute approximate surface area is 296 Å². The van der Waals surface area contributed by atoms with E-state index in [0.717, 1.165) is 44.9 Å². The molecule has 274 valence electrons. The highest BCUT2D eigenvalue weighted by molar-refractivity contribution is 6.41. The highest BCUT2D eigenvalue weighted by Gasteiger charge is 2.73. The Hall–Kier alpha value is -4.22. The van der Waals surface area contributed by atoms with Crippen molar-refractivity contribution in [2.45, 2.75) is 124 Å². The molecule has 0 bridgehead atoms. The maximum atomic E-state index is 14.2. The third-order valence-corrected chi connectivity index (χ3v) is 10.3. The summed E-state index contributed by atoms with van der Waals surface area (Å²) in [6.45, 7) is 13.0. The number of allylic oxidation sites excluding steroid dienone is 2. The van der Waals surface area contributed by atoms with Crippen LogP contribution >= 0.6 is 0 Å². The third kappa shape index (κ3) is 9.31. The van der Waals surface area contributed by atoms with Crippen LogP contribution in [0.25, 0.3) is 0 Å². The molecule has 1 aromatic rings. The minimum absolute atomic E-state index is 0.139. The fraction of sp³-hybridized carbons (Fsp3) is 0.632. The first-order chi connectivity index (χ1) is 23.4. The Bertz CT molecular complexity index is 1500. The van der Waals surface area contributed by atoms with Crippen molar-refractivity contribution in [2.75, 3.05) is 23.7 Å². The Morgan fingerprint density at radius 1 is 0.940 bits per heavy atom. The summed E-state index contributed by atoms with van der Waals surface area (Å²) in [6.07, 6.45) is 11.5. The van der Waals surface area contributed by atoms with Gasteiger partial charge < -0.3 is 31.5 Å². The number of hydrogen-bond acceptors (Lipinski definition) is 6. The van der Waals surface area contributed by atoms with Crippen LogP contribution in [0.3, 0.4) is 0 Å². The summed E-state index contributed by atoms with van der Waals surface area (Å²) in [6, 6.07) is 4.39. The number of benzene rings is 1. The molecule has 1 aliphatic heterocycles. The van der Waals surface area contributed by atoms with E-state index < -0.39 is 53.2 Å². The Balaban J connectivity index is 1.40. The number of nitrogens with zero attached hydrogens (tertiary/aromatic N) is 1. The summed E-state index contributed by atoms with van der Waals surface area (Å²) in [4.78, 5) is 80.9. The first kappa shape index (κ1) is 38.6. The van der Waals surface area contributed by atoms with Crippen LogP contribution < -0.4 is 26.6 Å². The van der Waals surface area contributed by atoms with E-state index >= 15 is 0 Å². The van der Waals surface area contributed by atoms with Crippen LogP contribution in [0, 0.1) is 16.2 Å². The van der Waals surface area contributed by atoms with Gasteiger partial charge in [0.2, 0.25) is 23.5 Å². The fourth-order valence-corrected chi connectivity index (χ4v) is 7.38. The van der Waals surface area contributed by atoms with Crippen LogP contribution in [-0.4, -0.2) is 71.1 Å². The molecule has 0 aromatic heterocycles. The van der Waals surface area contributed by atoms with Gasteiger partial charge in [0, 0.05) is 18.5 Å². The van der Waals surface area contributed by atoms with Gasteiger partial charge in [0.25, 0.3) is 5.91 Å². The zero-order chi connectivity index (χ0) is 36.9. The monoisotopic (exact) mass is 692 g/mol. The van der Waals surface area contributed by atoms with Crippen LogP contribution in [-0.2, 0) is 24.0 Å². The number of carbonyl (C=O) groups excluding carboxylic acids is 6. The van der Waals surface area contributed by atoms with Crippen molar-refractivity contribution in [1.29, 1.82) is 0 Å². The Morgan fingerprint density at radius 2 is 1.60 bits per heavy atom. The topological polar surface area (TPSA) is 166 Å². The molecule has 3 atom stereocenters. The van der Waals surface area contributed by atoms with Crippen LogP contribution in [0.5, 0.6) is 0 Å². The van der Waals surface area contributed by atoms with Gasteiger partial charge in [-0.3, -0.25) is 24.0 Å². The summed E-state index contributed by atoms with van der Waals surface area (Å²) in [7, 11) is 0. The lowest BCUT2D eigenvalue weighted by molar-refractivity contribution is -0.142. The molecule has 1 heterocycles. The van der Waals surface area contributed by atoms with E-state index in [2.05, 4.69) is 32.7 Å². The smallest absolute Gasteiger partial charge is 0.315 e. The maximum Gasteiger partial charge on any atom is 0.315 e. The number of carbonyl (C=O) groups is 6. The zero-order valence-corrected chi connectivity index (χ0v) is 30.8. The molecule has 1 aromatic carbocycles. The summed E-state index contributed by atoms with van der Waals surface area (Å²) < 4.78 is 0. The van der Waals surface area contributed by atoms with Gasteiger partial charge in [-0.2, -0.15) is 0 Å². The molecule has 12 heteroatoms. The summed E-state index contributed by atoms with van der Waals surface area (Å²) in [5.74, 6) is -2.86. The maximum absolute atomic E-state index is 14.2. The van der Waals surface area contributed by atoms with Crippen molar-refractivity contribution < 1.29 is 28.8 Å². The molecule has 4 rings (SSSR count). The minimum atomic E-state index is -0.938. The van der Waals surface area contributed by atoms with Gasteiger partial charge in [-0.05, 0) is 101 Å². The average molecular weight is 693 g/mol. The molecule has 2 saturated carbocycles. The number of hydrogen-bond donors (Lipinski definition) is 5. The number of rotatable bonds is 13. The van der Waals surface area contributed by atoms with Crippen LogP contribution in [0.4, 0.5) is 16.2 Å². The van der Waals surface area contributed by atoms with E-state index in [4.69, 9.17) is 0 Å². The molecule has 3 fully saturated rings. The SMILES string of the molecule is C/C=C/CCCCC(=O)Nc1ccccc1NC(=O)C(=O)CNC(=O)[C@@H]1C[C@@]2(CN1C(=O)[C@@H](NC(=O)NC(C)(C)C)C(C)(C)C)CC21CCC1. The van der Waals surface area contributed by atoms with Crippen molar-refractivity contribution in [3.8, 4) is 0 Å². The van der Waals surface area contributed by atoms with Crippen molar-refractivity contribution >= 4 is 46.8 Å². The third-order valence-electron chi connectivity index (χ3n) is 10.3. The minimum Gasteiger partial charge on any atom is -0.347 e. The van der Waals surface area contributed by atoms with Crippen LogP contribution in [0.15, 0.2) is 36.4 Å². The molecule has 2 spiro atoms. The lowest BCUT2D eigenvalue weighted by Gasteiger charge is -2.36. The number of unbranched alkanes of at least 4 members (excludes halogenated alkanes) is 2. The second-order valence-corrected chi connectivity index (χ2v) is 16.4. The van der Waals surface area contributed by atoms with Crippen molar-refractivity contribution in [3.63, 3.8) is 0 Å². The molecular weight excluding hydrogens is 636 g/mol. The van der Waals surface area contributed by atoms with Gasteiger partial charge in [0.1, 0.15) is 12.1 Å². The molecule has 3 aliphatic rings. The number of anilines is 2. The van der Waals surface area contributed by atoms with Crippen LogP contribution in [0.1, 0.15) is 106 Å². The Morgan fingerprint density at radius 3 is 2.16 bits per heavy atom. The number of Topliss-reactive ketones (excluding diaryl/α,β-unsaturated/α-hetero) is 1. The van der Waals surface area contributed by atoms with E-state index in [-0.39, 0.29) is 28.3 Å². The number of amides is 6. The number of fused-ring (bicyclic) bond motifs is 1. The van der Waals surface area contributed by atoms with Crippen molar-refractivity contribution in [1.82, 2.24) is 20.9 Å². The summed E-state index contributed by atoms with van der Waals surface area (Å²) in [5.41, 5.74) is -0.558. The van der Waals surface area contributed by atoms with Crippen LogP contribution in [0.2, 0.25) is 0 Å². The Kier molecular flexibility index (Phi) is 11.8. The van der Waals surface area contributed by atoms with Gasteiger partial charge in [0.05, 0.1) is 17.9 Å². The van der Waals surface area contributed by atoms with E-state index in [1.54, 1.807) is 29.2 Å². The zero-order valence-electron chi connectivity index (χ0n) is 30.8. The quantitative estimate of drug-likeness (QED) is 0.110. The lowest BCUT2D eigenvalue weighted by Crippen LogP contribution is -2.60. The molecule has 5 N–H and O–H groups in total. The first-order valence-electron chi connectivity index (χ1n) is 17.9. The lowest BCUT2D eigenvalue weighted by atomic mass is 9.74. The standard InChI is InChI=1S/C38H56N6O6/c1-8-9-10-11-12-18-29(46)40-25-16-13-14-17-26(25)41-32(48)28(45)22-39-31(47)27-21-38(23-37(38)19-15-20-37)24-44(27)33(49)30(35(2,3)4)42-34(50)43-36(5,6)7/h8-9,13-14,16-17,27,30H,10-12,15,18-24H2,1-7H3,(H,39,47)(H,40,46)(H,41,48)(H2,42,43,50)/b9-8+/t27-,30+,38-/m0/s1. The van der Waals surface area contributed by atoms with Crippen molar-refractivity contribution in [3.05, 3.63) is 36.4 Å². The van der Waals surface area contributed by atoms with Gasteiger partial charge >= 0.3 is 6.03 Å². The van der Waals surface area contributed by atoms with E-state index in [1.165, 1.54) is 0 Å². The molecule has 12 nitrogen and oxygen atoms in total. The molecular formula is C38H56N6O6. The first-order valence-corrected chi connectivity index (χ1v) is 17.9. The molecule has 0 radical (unpaired) electrons. The highest BCUT2D eigenvalue weighted by atomic mass is 16.2. The number of urea groups is 1. The fourth-order valence-electron chi connectivity index (χ4n) is 7.38.